The van der Waals surface area contributed by atoms with E-state index in [0.717, 1.165) is 12.0 Å². The minimum atomic E-state index is -3.58. The zero-order valence-corrected chi connectivity index (χ0v) is 15.6. The van der Waals surface area contributed by atoms with Gasteiger partial charge in [-0.3, -0.25) is 9.59 Å². The number of aryl methyl sites for hydroxylation is 1. The molecule has 2 aromatic rings. The molecule has 26 heavy (non-hydrogen) atoms. The maximum Gasteiger partial charge on any atom is 0.225 e. The molecule has 0 atom stereocenters. The lowest BCUT2D eigenvalue weighted by Gasteiger charge is -2.10. The van der Waals surface area contributed by atoms with Crippen molar-refractivity contribution in [3.05, 3.63) is 54.1 Å². The molecule has 0 unspecified atom stereocenters. The van der Waals surface area contributed by atoms with Gasteiger partial charge in [0.25, 0.3) is 0 Å². The van der Waals surface area contributed by atoms with Crippen molar-refractivity contribution in [2.24, 2.45) is 0 Å². The molecular weight excluding hydrogens is 352 g/mol. The molecule has 0 saturated carbocycles. The first-order valence-corrected chi connectivity index (χ1v) is 9.95. The van der Waals surface area contributed by atoms with E-state index in [4.69, 9.17) is 0 Å². The van der Waals surface area contributed by atoms with Gasteiger partial charge in [0.15, 0.2) is 9.84 Å². The second-order valence-corrected chi connectivity index (χ2v) is 7.94. The number of para-hydroxylation sites is 1. The van der Waals surface area contributed by atoms with Gasteiger partial charge in [-0.15, -0.1) is 0 Å². The Hall–Kier alpha value is -2.67. The average molecular weight is 374 g/mol. The predicted molar refractivity (Wildman–Crippen MR) is 102 cm³/mol. The van der Waals surface area contributed by atoms with E-state index in [1.54, 1.807) is 6.07 Å². The first-order valence-electron chi connectivity index (χ1n) is 8.30. The summed E-state index contributed by atoms with van der Waals surface area (Å²) in [5.74, 6) is -0.860. The minimum Gasteiger partial charge on any atom is -0.326 e. The van der Waals surface area contributed by atoms with Crippen LogP contribution in [0.25, 0.3) is 0 Å². The fourth-order valence-electron chi connectivity index (χ4n) is 2.46. The van der Waals surface area contributed by atoms with Gasteiger partial charge in [-0.25, -0.2) is 8.42 Å². The molecule has 6 nitrogen and oxygen atoms in total. The molecular formula is C19H22N2O4S. The smallest absolute Gasteiger partial charge is 0.225 e. The van der Waals surface area contributed by atoms with Crippen LogP contribution < -0.4 is 10.6 Å². The Morgan fingerprint density at radius 2 is 1.62 bits per heavy atom. The molecule has 2 rings (SSSR count). The molecule has 0 aliphatic carbocycles. The average Bonchev–Trinajstić information content (AvgIpc) is 2.60. The van der Waals surface area contributed by atoms with E-state index in [9.17, 15) is 18.0 Å². The Labute approximate surface area is 153 Å². The molecule has 0 spiro atoms. The van der Waals surface area contributed by atoms with Crippen molar-refractivity contribution >= 4 is 33.0 Å². The van der Waals surface area contributed by atoms with Crippen LogP contribution in [-0.4, -0.2) is 26.0 Å². The van der Waals surface area contributed by atoms with Crippen molar-refractivity contribution in [1.82, 2.24) is 0 Å². The zero-order chi connectivity index (χ0) is 19.2. The summed E-state index contributed by atoms with van der Waals surface area (Å²) in [5, 5.41) is 5.34. The maximum atomic E-state index is 12.4. The zero-order valence-electron chi connectivity index (χ0n) is 14.8. The number of benzene rings is 2. The fourth-order valence-corrected chi connectivity index (χ4v) is 3.70. The van der Waals surface area contributed by atoms with Crippen LogP contribution in [-0.2, 0) is 25.8 Å². The van der Waals surface area contributed by atoms with Gasteiger partial charge in [-0.1, -0.05) is 25.1 Å². The fraction of sp³-hybridized carbons (Fsp3) is 0.263. The van der Waals surface area contributed by atoms with E-state index >= 15 is 0 Å². The van der Waals surface area contributed by atoms with Gasteiger partial charge < -0.3 is 10.6 Å². The highest BCUT2D eigenvalue weighted by Gasteiger charge is 2.17. The van der Waals surface area contributed by atoms with Crippen LogP contribution in [0, 0.1) is 0 Å². The summed E-state index contributed by atoms with van der Waals surface area (Å²) >= 11 is 0. The van der Waals surface area contributed by atoms with E-state index in [-0.39, 0.29) is 28.9 Å². The molecule has 0 aliphatic rings. The van der Waals surface area contributed by atoms with Gasteiger partial charge in [-0.2, -0.15) is 0 Å². The number of carbonyl (C=O) groups is 2. The van der Waals surface area contributed by atoms with Crippen molar-refractivity contribution < 1.29 is 18.0 Å². The van der Waals surface area contributed by atoms with E-state index in [1.165, 1.54) is 31.2 Å². The number of carbonyl (C=O) groups excluding carboxylic acids is 2. The predicted octanol–water partition coefficient (Wildman–Crippen LogP) is 3.01. The van der Waals surface area contributed by atoms with Crippen molar-refractivity contribution in [2.75, 3.05) is 16.4 Å². The van der Waals surface area contributed by atoms with Gasteiger partial charge in [0.1, 0.15) is 0 Å². The normalized spacial score (nSPS) is 11.0. The number of sulfone groups is 1. The Kier molecular flexibility index (Phi) is 6.52. The first-order chi connectivity index (χ1) is 12.3. The molecule has 2 aromatic carbocycles. The molecule has 2 N–H and O–H groups in total. The second-order valence-electron chi connectivity index (χ2n) is 5.83. The van der Waals surface area contributed by atoms with E-state index in [0.29, 0.717) is 11.4 Å². The molecule has 0 aliphatic heterocycles. The lowest BCUT2D eigenvalue weighted by Crippen LogP contribution is -2.18. The number of anilines is 2. The van der Waals surface area contributed by atoms with Gasteiger partial charge in [0, 0.05) is 24.7 Å². The number of amides is 2. The van der Waals surface area contributed by atoms with Crippen LogP contribution in [0.2, 0.25) is 0 Å². The van der Waals surface area contributed by atoms with Crippen LogP contribution in [0.15, 0.2) is 53.4 Å². The Bertz CT molecular complexity index is 890. The Morgan fingerprint density at radius 3 is 2.23 bits per heavy atom. The van der Waals surface area contributed by atoms with Crippen LogP contribution in [0.4, 0.5) is 11.4 Å². The van der Waals surface area contributed by atoms with Gasteiger partial charge in [0.05, 0.1) is 10.6 Å². The highest BCUT2D eigenvalue weighted by molar-refractivity contribution is 7.91. The monoisotopic (exact) mass is 374 g/mol. The maximum absolute atomic E-state index is 12.4. The third kappa shape index (κ3) is 5.42. The summed E-state index contributed by atoms with van der Waals surface area (Å²) in [6, 6.07) is 13.3. The van der Waals surface area contributed by atoms with Crippen molar-refractivity contribution in [3.8, 4) is 0 Å². The molecule has 0 aromatic heterocycles. The molecule has 0 saturated heterocycles. The molecule has 0 fully saturated rings. The summed E-state index contributed by atoms with van der Waals surface area (Å²) in [7, 11) is -3.58. The molecule has 2 amide bonds. The topological polar surface area (TPSA) is 92.3 Å². The first kappa shape index (κ1) is 19.7. The standard InChI is InChI=1S/C19H22N2O4S/c1-3-15-6-4-5-7-18(15)21-19(23)12-13-26(24,25)17-10-8-16(9-11-17)20-14(2)22/h4-11H,3,12-13H2,1-2H3,(H,20,22)(H,21,23). The van der Waals surface area contributed by atoms with Crippen molar-refractivity contribution in [1.29, 1.82) is 0 Å². The SMILES string of the molecule is CCc1ccccc1NC(=O)CCS(=O)(=O)c1ccc(NC(C)=O)cc1. The highest BCUT2D eigenvalue weighted by atomic mass is 32.2. The van der Waals surface area contributed by atoms with E-state index < -0.39 is 9.84 Å². The van der Waals surface area contributed by atoms with Crippen molar-refractivity contribution in [2.45, 2.75) is 31.6 Å². The molecule has 7 heteroatoms. The van der Waals surface area contributed by atoms with Gasteiger partial charge >= 0.3 is 0 Å². The van der Waals surface area contributed by atoms with Crippen LogP contribution >= 0.6 is 0 Å². The molecule has 0 bridgehead atoms. The lowest BCUT2D eigenvalue weighted by molar-refractivity contribution is -0.116. The lowest BCUT2D eigenvalue weighted by atomic mass is 10.1. The van der Waals surface area contributed by atoms with Crippen LogP contribution in [0.3, 0.4) is 0 Å². The summed E-state index contributed by atoms with van der Waals surface area (Å²) in [6.45, 7) is 3.36. The molecule has 0 heterocycles. The Balaban J connectivity index is 1.98. The summed E-state index contributed by atoms with van der Waals surface area (Å²) in [4.78, 5) is 23.2. The van der Waals surface area contributed by atoms with Gasteiger partial charge in [-0.05, 0) is 42.3 Å². The molecule has 138 valence electrons. The highest BCUT2D eigenvalue weighted by Crippen LogP contribution is 2.18. The van der Waals surface area contributed by atoms with Gasteiger partial charge in [0.2, 0.25) is 11.8 Å². The summed E-state index contributed by atoms with van der Waals surface area (Å²) < 4.78 is 24.8. The quantitative estimate of drug-likeness (QED) is 0.779. The molecule has 0 radical (unpaired) electrons. The van der Waals surface area contributed by atoms with E-state index in [1.807, 2.05) is 25.1 Å². The summed E-state index contributed by atoms with van der Waals surface area (Å²) in [6.07, 6.45) is 0.642. The second kappa shape index (κ2) is 8.62. The third-order valence-electron chi connectivity index (χ3n) is 3.80. The van der Waals surface area contributed by atoms with Crippen LogP contribution in [0.5, 0.6) is 0 Å². The number of hydrogen-bond donors (Lipinski definition) is 2. The number of hydrogen-bond acceptors (Lipinski definition) is 4. The third-order valence-corrected chi connectivity index (χ3v) is 5.54. The largest absolute Gasteiger partial charge is 0.326 e. The van der Waals surface area contributed by atoms with E-state index in [2.05, 4.69) is 10.6 Å². The summed E-state index contributed by atoms with van der Waals surface area (Å²) in [5.41, 5.74) is 2.22. The van der Waals surface area contributed by atoms with Crippen molar-refractivity contribution in [3.63, 3.8) is 0 Å². The number of rotatable bonds is 7. The Morgan fingerprint density at radius 1 is 0.962 bits per heavy atom. The van der Waals surface area contributed by atoms with Crippen LogP contribution in [0.1, 0.15) is 25.8 Å². The minimum absolute atomic E-state index is 0.119. The number of nitrogens with one attached hydrogen (secondary N) is 2.